The van der Waals surface area contributed by atoms with Gasteiger partial charge in [-0.1, -0.05) is 0 Å². The second-order valence-electron chi connectivity index (χ2n) is 7.67. The van der Waals surface area contributed by atoms with Gasteiger partial charge in [-0.2, -0.15) is 0 Å². The maximum Gasteiger partial charge on any atom is 0.414 e. The van der Waals surface area contributed by atoms with Crippen LogP contribution in [0.3, 0.4) is 0 Å². The summed E-state index contributed by atoms with van der Waals surface area (Å²) in [5.41, 5.74) is 6.52. The Kier molecular flexibility index (Phi) is 5.11. The Balaban J connectivity index is 1.42. The van der Waals surface area contributed by atoms with E-state index in [0.717, 1.165) is 19.6 Å². The van der Waals surface area contributed by atoms with Crippen LogP contribution in [0.1, 0.15) is 6.92 Å². The van der Waals surface area contributed by atoms with Crippen molar-refractivity contribution in [2.24, 2.45) is 17.6 Å². The Morgan fingerprint density at radius 3 is 2.75 bits per heavy atom. The van der Waals surface area contributed by atoms with Crippen molar-refractivity contribution in [3.8, 4) is 0 Å². The third-order valence-electron chi connectivity index (χ3n) is 5.82. The molecule has 8 nitrogen and oxygen atoms in total. The standard InChI is InChI=1S/C19H26FN5O3/c1-11(26)23-7-13-10-28-19(27)25(13)12-2-3-17(16(20)6-12)24-8-14-15(9-24)18(14)22-5-4-21/h2-3,6,13-15,18,22H,4-5,7-10,21H2,1H3,(H,23,26)/t13?,14-,15+,18?. The fourth-order valence-electron chi connectivity index (χ4n) is 4.37. The van der Waals surface area contributed by atoms with Crippen molar-refractivity contribution in [2.45, 2.75) is 19.0 Å². The Morgan fingerprint density at radius 1 is 1.36 bits per heavy atom. The molecule has 4 rings (SSSR count). The molecule has 1 aromatic carbocycles. The highest BCUT2D eigenvalue weighted by Gasteiger charge is 2.55. The first-order chi connectivity index (χ1) is 13.5. The molecule has 28 heavy (non-hydrogen) atoms. The van der Waals surface area contributed by atoms with Crippen LogP contribution in [0.4, 0.5) is 20.6 Å². The minimum atomic E-state index is -0.529. The van der Waals surface area contributed by atoms with Crippen LogP contribution in [-0.4, -0.2) is 63.4 Å². The van der Waals surface area contributed by atoms with E-state index >= 15 is 0 Å². The number of piperidine rings is 1. The number of anilines is 2. The topological polar surface area (TPSA) is 99.9 Å². The lowest BCUT2D eigenvalue weighted by molar-refractivity contribution is -0.119. The van der Waals surface area contributed by atoms with Gasteiger partial charge in [-0.05, 0) is 30.0 Å². The number of nitrogens with one attached hydrogen (secondary N) is 2. The molecule has 0 radical (unpaired) electrons. The third-order valence-corrected chi connectivity index (χ3v) is 5.82. The van der Waals surface area contributed by atoms with Gasteiger partial charge in [0.25, 0.3) is 0 Å². The first kappa shape index (κ1) is 18.9. The number of nitrogens with two attached hydrogens (primary N) is 1. The molecule has 1 aliphatic carbocycles. The highest BCUT2D eigenvalue weighted by atomic mass is 19.1. The largest absolute Gasteiger partial charge is 0.447 e. The lowest BCUT2D eigenvalue weighted by Crippen LogP contribution is -2.42. The van der Waals surface area contributed by atoms with Crippen molar-refractivity contribution in [3.05, 3.63) is 24.0 Å². The number of nitrogens with zero attached hydrogens (tertiary/aromatic N) is 2. The molecular weight excluding hydrogens is 365 g/mol. The fourth-order valence-corrected chi connectivity index (χ4v) is 4.37. The van der Waals surface area contributed by atoms with E-state index in [2.05, 4.69) is 15.5 Å². The molecule has 2 heterocycles. The lowest BCUT2D eigenvalue weighted by Gasteiger charge is -2.25. The van der Waals surface area contributed by atoms with Gasteiger partial charge >= 0.3 is 6.09 Å². The number of carbonyl (C=O) groups excluding carboxylic acids is 2. The van der Waals surface area contributed by atoms with Crippen LogP contribution in [0.5, 0.6) is 0 Å². The normalized spacial score (nSPS) is 28.3. The average Bonchev–Trinajstić information content (AvgIpc) is 2.98. The van der Waals surface area contributed by atoms with E-state index in [-0.39, 0.29) is 30.9 Å². The van der Waals surface area contributed by atoms with Gasteiger partial charge in [-0.3, -0.25) is 9.69 Å². The van der Waals surface area contributed by atoms with Crippen molar-refractivity contribution >= 4 is 23.4 Å². The van der Waals surface area contributed by atoms with Crippen LogP contribution in [0.15, 0.2) is 18.2 Å². The predicted molar refractivity (Wildman–Crippen MR) is 103 cm³/mol. The Morgan fingerprint density at radius 2 is 2.11 bits per heavy atom. The second kappa shape index (κ2) is 7.56. The van der Waals surface area contributed by atoms with Gasteiger partial charge in [0, 0.05) is 45.7 Å². The van der Waals surface area contributed by atoms with Crippen molar-refractivity contribution in [1.82, 2.24) is 10.6 Å². The van der Waals surface area contributed by atoms with E-state index in [0.29, 0.717) is 35.8 Å². The number of rotatable bonds is 7. The molecule has 2 amide bonds. The summed E-state index contributed by atoms with van der Waals surface area (Å²) in [7, 11) is 0. The second-order valence-corrected chi connectivity index (χ2v) is 7.67. The predicted octanol–water partition coefficient (Wildman–Crippen LogP) is 0.270. The zero-order valence-electron chi connectivity index (χ0n) is 15.9. The number of fused-ring (bicyclic) bond motifs is 1. The van der Waals surface area contributed by atoms with Gasteiger partial charge in [0.15, 0.2) is 0 Å². The minimum Gasteiger partial charge on any atom is -0.447 e. The first-order valence-electron chi connectivity index (χ1n) is 9.68. The molecule has 0 bridgehead atoms. The van der Waals surface area contributed by atoms with Crippen LogP contribution in [0.25, 0.3) is 0 Å². The summed E-state index contributed by atoms with van der Waals surface area (Å²) < 4.78 is 19.9. The van der Waals surface area contributed by atoms with Gasteiger partial charge in [-0.15, -0.1) is 0 Å². The molecule has 0 spiro atoms. The number of cyclic esters (lactones) is 1. The van der Waals surface area contributed by atoms with Gasteiger partial charge in [0.2, 0.25) is 5.91 Å². The maximum absolute atomic E-state index is 14.8. The van der Waals surface area contributed by atoms with Crippen molar-refractivity contribution in [2.75, 3.05) is 49.1 Å². The van der Waals surface area contributed by atoms with Gasteiger partial charge in [0.1, 0.15) is 12.4 Å². The quantitative estimate of drug-likeness (QED) is 0.617. The average molecular weight is 391 g/mol. The number of amides is 2. The number of ether oxygens (including phenoxy) is 1. The van der Waals surface area contributed by atoms with Crippen LogP contribution in [0.2, 0.25) is 0 Å². The molecule has 2 aliphatic heterocycles. The van der Waals surface area contributed by atoms with E-state index in [1.807, 2.05) is 0 Å². The fraction of sp³-hybridized carbons (Fsp3) is 0.579. The van der Waals surface area contributed by atoms with E-state index in [9.17, 15) is 14.0 Å². The molecule has 2 unspecified atom stereocenters. The number of hydrogen-bond donors (Lipinski definition) is 3. The third kappa shape index (κ3) is 3.51. The van der Waals surface area contributed by atoms with Crippen molar-refractivity contribution in [3.63, 3.8) is 0 Å². The highest BCUT2D eigenvalue weighted by Crippen LogP contribution is 2.47. The Bertz CT molecular complexity index is 764. The van der Waals surface area contributed by atoms with E-state index < -0.39 is 6.09 Å². The summed E-state index contributed by atoms with van der Waals surface area (Å²) in [6.07, 6.45) is -0.529. The molecule has 9 heteroatoms. The summed E-state index contributed by atoms with van der Waals surface area (Å²) in [5.74, 6) is 0.540. The Hall–Kier alpha value is -2.39. The van der Waals surface area contributed by atoms with Gasteiger partial charge < -0.3 is 26.0 Å². The first-order valence-corrected chi connectivity index (χ1v) is 9.68. The molecule has 1 saturated carbocycles. The number of benzene rings is 1. The zero-order valence-corrected chi connectivity index (χ0v) is 15.9. The number of halogens is 1. The Labute approximate surface area is 163 Å². The molecule has 4 atom stereocenters. The molecule has 3 aliphatic rings. The van der Waals surface area contributed by atoms with Gasteiger partial charge in [-0.25, -0.2) is 9.18 Å². The van der Waals surface area contributed by atoms with Crippen LogP contribution in [-0.2, 0) is 9.53 Å². The summed E-state index contributed by atoms with van der Waals surface area (Å²) in [6, 6.07) is 4.97. The number of carbonyl (C=O) groups is 2. The molecule has 3 fully saturated rings. The summed E-state index contributed by atoms with van der Waals surface area (Å²) in [5, 5.41) is 6.12. The van der Waals surface area contributed by atoms with Crippen molar-refractivity contribution in [1.29, 1.82) is 0 Å². The van der Waals surface area contributed by atoms with Crippen molar-refractivity contribution < 1.29 is 18.7 Å². The highest BCUT2D eigenvalue weighted by molar-refractivity contribution is 5.90. The maximum atomic E-state index is 14.8. The van der Waals surface area contributed by atoms with E-state index in [1.165, 1.54) is 17.9 Å². The van der Waals surface area contributed by atoms with Crippen LogP contribution < -0.4 is 26.2 Å². The number of hydrogen-bond acceptors (Lipinski definition) is 6. The smallest absolute Gasteiger partial charge is 0.414 e. The van der Waals surface area contributed by atoms with Crippen LogP contribution in [0, 0.1) is 17.7 Å². The summed E-state index contributed by atoms with van der Waals surface area (Å²) >= 11 is 0. The van der Waals surface area contributed by atoms with Crippen LogP contribution >= 0.6 is 0 Å². The summed E-state index contributed by atoms with van der Waals surface area (Å²) in [6.45, 7) is 4.91. The van der Waals surface area contributed by atoms with Gasteiger partial charge in [0.05, 0.1) is 17.4 Å². The summed E-state index contributed by atoms with van der Waals surface area (Å²) in [4.78, 5) is 26.7. The lowest BCUT2D eigenvalue weighted by atomic mass is 10.2. The molecule has 2 saturated heterocycles. The zero-order chi connectivity index (χ0) is 19.8. The molecule has 1 aromatic rings. The minimum absolute atomic E-state index is 0.162. The SMILES string of the molecule is CC(=O)NCC1COC(=O)N1c1ccc(N2C[C@@H]3C(NCCN)[C@@H]3C2)c(F)c1. The monoisotopic (exact) mass is 391 g/mol. The molecular formula is C19H26FN5O3. The molecule has 4 N–H and O–H groups in total. The molecule has 0 aromatic heterocycles. The van der Waals surface area contributed by atoms with E-state index in [4.69, 9.17) is 10.5 Å². The molecule has 152 valence electrons. The van der Waals surface area contributed by atoms with E-state index in [1.54, 1.807) is 12.1 Å².